The highest BCUT2D eigenvalue weighted by Gasteiger charge is 2.22. The quantitative estimate of drug-likeness (QED) is 0.725. The van der Waals surface area contributed by atoms with E-state index in [2.05, 4.69) is 21.8 Å². The first-order chi connectivity index (χ1) is 12.5. The van der Waals surface area contributed by atoms with Gasteiger partial charge in [-0.2, -0.15) is 0 Å². The van der Waals surface area contributed by atoms with Crippen molar-refractivity contribution in [2.75, 3.05) is 7.05 Å². The molecule has 2 amide bonds. The van der Waals surface area contributed by atoms with Gasteiger partial charge in [0.15, 0.2) is 0 Å². The summed E-state index contributed by atoms with van der Waals surface area (Å²) in [5.41, 5.74) is 1.98. The molecule has 3 aromatic rings. The standard InChI is InChI=1S/C19H22N4O2S/c1-4-23-15-9-6-5-8-14(15)21-17(23)12-22(3)19(25)13(2)20-18(24)16-10-7-11-26-16/h5-11,13H,4,12H2,1-3H3,(H,20,24)/t13-/m0/s1. The Morgan fingerprint density at radius 3 is 2.73 bits per heavy atom. The molecule has 0 aliphatic rings. The predicted octanol–water partition coefficient (Wildman–Crippen LogP) is 2.89. The van der Waals surface area contributed by atoms with Crippen molar-refractivity contribution in [3.63, 3.8) is 0 Å². The number of carbonyl (C=O) groups excluding carboxylic acids is 2. The smallest absolute Gasteiger partial charge is 0.261 e. The minimum atomic E-state index is -0.603. The van der Waals surface area contributed by atoms with Crippen molar-refractivity contribution in [3.8, 4) is 0 Å². The zero-order valence-corrected chi connectivity index (χ0v) is 15.9. The highest BCUT2D eigenvalue weighted by atomic mass is 32.1. The summed E-state index contributed by atoms with van der Waals surface area (Å²) in [6, 6.07) is 10.9. The minimum Gasteiger partial charge on any atom is -0.340 e. The van der Waals surface area contributed by atoms with Crippen molar-refractivity contribution >= 4 is 34.2 Å². The fraction of sp³-hybridized carbons (Fsp3) is 0.316. The first kappa shape index (κ1) is 18.1. The van der Waals surface area contributed by atoms with E-state index in [-0.39, 0.29) is 11.8 Å². The summed E-state index contributed by atoms with van der Waals surface area (Å²) in [6.07, 6.45) is 0. The summed E-state index contributed by atoms with van der Waals surface area (Å²) in [5.74, 6) is 0.459. The van der Waals surface area contributed by atoms with Crippen LogP contribution in [0.2, 0.25) is 0 Å². The number of thiophene rings is 1. The van der Waals surface area contributed by atoms with Crippen molar-refractivity contribution in [1.29, 1.82) is 0 Å². The van der Waals surface area contributed by atoms with E-state index < -0.39 is 6.04 Å². The van der Waals surface area contributed by atoms with Gasteiger partial charge in [-0.3, -0.25) is 9.59 Å². The molecule has 0 radical (unpaired) electrons. The molecule has 0 saturated carbocycles. The number of hydrogen-bond acceptors (Lipinski definition) is 4. The molecule has 0 aliphatic carbocycles. The van der Waals surface area contributed by atoms with Crippen molar-refractivity contribution in [2.24, 2.45) is 0 Å². The molecule has 0 saturated heterocycles. The molecule has 1 N–H and O–H groups in total. The molecule has 0 bridgehead atoms. The molecule has 3 rings (SSSR count). The lowest BCUT2D eigenvalue weighted by Gasteiger charge is -2.22. The second-order valence-corrected chi connectivity index (χ2v) is 7.08. The number of hydrogen-bond donors (Lipinski definition) is 1. The van der Waals surface area contributed by atoms with E-state index in [1.54, 1.807) is 24.9 Å². The molecular weight excluding hydrogens is 348 g/mol. The van der Waals surface area contributed by atoms with E-state index in [9.17, 15) is 9.59 Å². The fourth-order valence-corrected chi connectivity index (χ4v) is 3.58. The number of rotatable bonds is 6. The number of aromatic nitrogens is 2. The lowest BCUT2D eigenvalue weighted by molar-refractivity contribution is -0.132. The van der Waals surface area contributed by atoms with E-state index >= 15 is 0 Å². The van der Waals surface area contributed by atoms with E-state index in [4.69, 9.17) is 0 Å². The third kappa shape index (κ3) is 3.62. The lowest BCUT2D eigenvalue weighted by Crippen LogP contribution is -2.45. The van der Waals surface area contributed by atoms with Crippen LogP contribution in [0.3, 0.4) is 0 Å². The van der Waals surface area contributed by atoms with Crippen LogP contribution in [0.15, 0.2) is 41.8 Å². The first-order valence-corrected chi connectivity index (χ1v) is 9.42. The molecule has 1 atom stereocenters. The van der Waals surface area contributed by atoms with Crippen molar-refractivity contribution in [2.45, 2.75) is 33.0 Å². The van der Waals surface area contributed by atoms with Crippen molar-refractivity contribution in [3.05, 3.63) is 52.5 Å². The number of amides is 2. The van der Waals surface area contributed by atoms with Crippen LogP contribution in [-0.2, 0) is 17.9 Å². The van der Waals surface area contributed by atoms with Crippen molar-refractivity contribution in [1.82, 2.24) is 19.8 Å². The Kier molecular flexibility index (Phi) is 5.37. The topological polar surface area (TPSA) is 67.2 Å². The van der Waals surface area contributed by atoms with Crippen LogP contribution >= 0.6 is 11.3 Å². The van der Waals surface area contributed by atoms with E-state index in [1.165, 1.54) is 11.3 Å². The van der Waals surface area contributed by atoms with Crippen LogP contribution in [0.1, 0.15) is 29.3 Å². The van der Waals surface area contributed by atoms with Gasteiger partial charge in [0.1, 0.15) is 11.9 Å². The first-order valence-electron chi connectivity index (χ1n) is 8.54. The second kappa shape index (κ2) is 7.70. The number of nitrogens with one attached hydrogen (secondary N) is 1. The fourth-order valence-electron chi connectivity index (χ4n) is 2.96. The summed E-state index contributed by atoms with van der Waals surface area (Å²) >= 11 is 1.35. The molecule has 0 unspecified atom stereocenters. The normalized spacial score (nSPS) is 12.1. The highest BCUT2D eigenvalue weighted by Crippen LogP contribution is 2.17. The Labute approximate surface area is 156 Å². The van der Waals surface area contributed by atoms with Gasteiger partial charge in [-0.1, -0.05) is 18.2 Å². The van der Waals surface area contributed by atoms with Gasteiger partial charge in [0, 0.05) is 13.6 Å². The number of fused-ring (bicyclic) bond motifs is 1. The summed E-state index contributed by atoms with van der Waals surface area (Å²) in [6.45, 7) is 4.93. The molecule has 2 aromatic heterocycles. The monoisotopic (exact) mass is 370 g/mol. The highest BCUT2D eigenvalue weighted by molar-refractivity contribution is 7.12. The van der Waals surface area contributed by atoms with Crippen molar-refractivity contribution < 1.29 is 9.59 Å². The lowest BCUT2D eigenvalue weighted by atomic mass is 10.2. The maximum Gasteiger partial charge on any atom is 0.261 e. The third-order valence-electron chi connectivity index (χ3n) is 4.27. The van der Waals surface area contributed by atoms with Crippen LogP contribution in [0.4, 0.5) is 0 Å². The van der Waals surface area contributed by atoms with Gasteiger partial charge in [-0.15, -0.1) is 11.3 Å². The largest absolute Gasteiger partial charge is 0.340 e. The van der Waals surface area contributed by atoms with Gasteiger partial charge in [0.05, 0.1) is 22.5 Å². The number of imidazole rings is 1. The van der Waals surface area contributed by atoms with Crippen LogP contribution in [-0.4, -0.2) is 39.4 Å². The Bertz CT molecular complexity index is 917. The molecule has 0 spiro atoms. The second-order valence-electron chi connectivity index (χ2n) is 6.13. The average Bonchev–Trinajstić information content (AvgIpc) is 3.28. The molecule has 26 heavy (non-hydrogen) atoms. The van der Waals surface area contributed by atoms with Crippen LogP contribution < -0.4 is 5.32 Å². The molecule has 1 aromatic carbocycles. The van der Waals surface area contributed by atoms with E-state index in [1.807, 2.05) is 35.7 Å². The molecule has 136 valence electrons. The maximum absolute atomic E-state index is 12.6. The number of nitrogens with zero attached hydrogens (tertiary/aromatic N) is 3. The van der Waals surface area contributed by atoms with E-state index in [0.29, 0.717) is 11.4 Å². The number of para-hydroxylation sites is 2. The van der Waals surface area contributed by atoms with Crippen LogP contribution in [0, 0.1) is 0 Å². The summed E-state index contributed by atoms with van der Waals surface area (Å²) in [4.78, 5) is 31.6. The molecule has 6 nitrogen and oxygen atoms in total. The number of carbonyl (C=O) groups is 2. The van der Waals surface area contributed by atoms with Gasteiger partial charge in [-0.05, 0) is 37.4 Å². The molecular formula is C19H22N4O2S. The van der Waals surface area contributed by atoms with E-state index in [0.717, 1.165) is 23.4 Å². The van der Waals surface area contributed by atoms with Gasteiger partial charge < -0.3 is 14.8 Å². The Hall–Kier alpha value is -2.67. The third-order valence-corrected chi connectivity index (χ3v) is 5.14. The zero-order valence-electron chi connectivity index (χ0n) is 15.1. The number of benzene rings is 1. The Morgan fingerprint density at radius 1 is 1.27 bits per heavy atom. The molecule has 0 aliphatic heterocycles. The van der Waals surface area contributed by atoms with Crippen LogP contribution in [0.5, 0.6) is 0 Å². The summed E-state index contributed by atoms with van der Waals surface area (Å²) < 4.78 is 2.11. The van der Waals surface area contributed by atoms with Gasteiger partial charge in [0.2, 0.25) is 5.91 Å². The van der Waals surface area contributed by atoms with Gasteiger partial charge in [0.25, 0.3) is 5.91 Å². The molecule has 2 heterocycles. The van der Waals surface area contributed by atoms with Gasteiger partial charge >= 0.3 is 0 Å². The minimum absolute atomic E-state index is 0.149. The maximum atomic E-state index is 12.6. The SMILES string of the molecule is CCn1c(CN(C)C(=O)[C@H](C)NC(=O)c2cccs2)nc2ccccc21. The van der Waals surface area contributed by atoms with Gasteiger partial charge in [-0.25, -0.2) is 4.98 Å². The number of likely N-dealkylation sites (N-methyl/N-ethyl adjacent to an activating group) is 1. The predicted molar refractivity (Wildman–Crippen MR) is 103 cm³/mol. The summed E-state index contributed by atoms with van der Waals surface area (Å²) in [7, 11) is 1.73. The number of aryl methyl sites for hydroxylation is 1. The zero-order chi connectivity index (χ0) is 18.7. The Balaban J connectivity index is 1.70. The average molecular weight is 370 g/mol. The molecule has 0 fully saturated rings. The molecule has 7 heteroatoms. The Morgan fingerprint density at radius 2 is 2.04 bits per heavy atom. The van der Waals surface area contributed by atoms with Crippen LogP contribution in [0.25, 0.3) is 11.0 Å². The summed E-state index contributed by atoms with van der Waals surface area (Å²) in [5, 5.41) is 4.59.